The molecule has 0 spiro atoms. The van der Waals surface area contributed by atoms with Crippen molar-refractivity contribution in [2.24, 2.45) is 5.73 Å². The summed E-state index contributed by atoms with van der Waals surface area (Å²) in [6.45, 7) is -0.119. The molecular weight excluding hydrogens is 136 g/mol. The molecule has 0 heterocycles. The molecule has 0 aliphatic rings. The van der Waals surface area contributed by atoms with Crippen LogP contribution >= 0.6 is 0 Å². The van der Waals surface area contributed by atoms with Gasteiger partial charge in [-0.3, -0.25) is 0 Å². The summed E-state index contributed by atoms with van der Waals surface area (Å²) in [5.41, 5.74) is 4.97. The van der Waals surface area contributed by atoms with E-state index in [0.717, 1.165) is 12.1 Å². The molecule has 1 nitrogen and oxygen atoms in total. The normalized spacial score (nSPS) is 9.90. The molecular formula is C7H6F2N. The monoisotopic (exact) mass is 142 g/mol. The molecule has 0 aromatic heterocycles. The quantitative estimate of drug-likeness (QED) is 0.626. The molecule has 2 N–H and O–H groups in total. The van der Waals surface area contributed by atoms with Gasteiger partial charge >= 0.3 is 0 Å². The van der Waals surface area contributed by atoms with Gasteiger partial charge in [-0.25, -0.2) is 8.78 Å². The van der Waals surface area contributed by atoms with Gasteiger partial charge in [0.1, 0.15) is 11.6 Å². The van der Waals surface area contributed by atoms with Crippen molar-refractivity contribution in [2.75, 3.05) is 0 Å². The van der Waals surface area contributed by atoms with Gasteiger partial charge in [0, 0.05) is 12.1 Å². The minimum atomic E-state index is -0.637. The van der Waals surface area contributed by atoms with Crippen LogP contribution in [0.25, 0.3) is 0 Å². The van der Waals surface area contributed by atoms with Crippen molar-refractivity contribution in [3.8, 4) is 0 Å². The van der Waals surface area contributed by atoms with Crippen LogP contribution in [-0.4, -0.2) is 0 Å². The minimum Gasteiger partial charge on any atom is -0.326 e. The summed E-state index contributed by atoms with van der Waals surface area (Å²) in [6, 6.07) is 4.42. The van der Waals surface area contributed by atoms with Gasteiger partial charge in [-0.1, -0.05) is 0 Å². The largest absolute Gasteiger partial charge is 0.326 e. The Morgan fingerprint density at radius 1 is 1.30 bits per heavy atom. The van der Waals surface area contributed by atoms with Gasteiger partial charge in [-0.05, 0) is 18.2 Å². The minimum absolute atomic E-state index is 0.0845. The number of halogens is 2. The maximum absolute atomic E-state index is 12.5. The first kappa shape index (κ1) is 7.15. The van der Waals surface area contributed by atoms with E-state index in [-0.39, 0.29) is 12.1 Å². The number of hydrogen-bond donors (Lipinski definition) is 1. The standard InChI is InChI=1S/C7H6F2N/c8-6-2-1-3-7(9)5(6)4-10/h2-3H,4,10H2. The fourth-order valence-electron chi connectivity index (χ4n) is 0.671. The van der Waals surface area contributed by atoms with Crippen LogP contribution in [0.1, 0.15) is 5.56 Å². The summed E-state index contributed by atoms with van der Waals surface area (Å²) >= 11 is 0. The molecule has 0 aliphatic heterocycles. The molecule has 1 aromatic rings. The van der Waals surface area contributed by atoms with Crippen LogP contribution in [0.3, 0.4) is 0 Å². The number of hydrogen-bond acceptors (Lipinski definition) is 1. The smallest absolute Gasteiger partial charge is 0.131 e. The Hall–Kier alpha value is -0.960. The second-order valence-electron chi connectivity index (χ2n) is 1.83. The number of rotatable bonds is 1. The van der Waals surface area contributed by atoms with Gasteiger partial charge in [-0.2, -0.15) is 0 Å². The Balaban J connectivity index is 3.17. The molecule has 53 valence electrons. The van der Waals surface area contributed by atoms with Crippen molar-refractivity contribution in [1.29, 1.82) is 0 Å². The Kier molecular flexibility index (Phi) is 1.97. The molecule has 0 fully saturated rings. The molecule has 0 unspecified atom stereocenters. The average Bonchev–Trinajstić information content (AvgIpc) is 1.88. The van der Waals surface area contributed by atoms with Crippen LogP contribution in [-0.2, 0) is 6.54 Å². The van der Waals surface area contributed by atoms with Gasteiger partial charge in [0.2, 0.25) is 0 Å². The Labute approximate surface area is 57.5 Å². The predicted octanol–water partition coefficient (Wildman–Crippen LogP) is 1.22. The van der Waals surface area contributed by atoms with Crippen LogP contribution in [0, 0.1) is 17.7 Å². The fraction of sp³-hybridized carbons (Fsp3) is 0.143. The predicted molar refractivity (Wildman–Crippen MR) is 33.1 cm³/mol. The highest BCUT2D eigenvalue weighted by Gasteiger charge is 2.04. The molecule has 3 heteroatoms. The van der Waals surface area contributed by atoms with E-state index < -0.39 is 11.6 Å². The molecule has 10 heavy (non-hydrogen) atoms. The first-order valence-electron chi connectivity index (χ1n) is 2.79. The molecule has 1 aromatic carbocycles. The van der Waals surface area contributed by atoms with E-state index in [1.54, 1.807) is 0 Å². The highest BCUT2D eigenvalue weighted by molar-refractivity contribution is 5.18. The second-order valence-corrected chi connectivity index (χ2v) is 1.83. The Morgan fingerprint density at radius 2 is 1.80 bits per heavy atom. The fourth-order valence-corrected chi connectivity index (χ4v) is 0.671. The summed E-state index contributed by atoms with van der Waals surface area (Å²) in [5.74, 6) is -1.27. The van der Waals surface area contributed by atoms with E-state index in [2.05, 4.69) is 6.07 Å². The molecule has 1 rings (SSSR count). The molecule has 0 saturated heterocycles. The molecule has 0 saturated carbocycles. The van der Waals surface area contributed by atoms with E-state index in [4.69, 9.17) is 5.73 Å². The third-order valence-corrected chi connectivity index (χ3v) is 1.20. The van der Waals surface area contributed by atoms with E-state index in [0.29, 0.717) is 0 Å². The maximum atomic E-state index is 12.5. The van der Waals surface area contributed by atoms with E-state index >= 15 is 0 Å². The molecule has 0 bridgehead atoms. The van der Waals surface area contributed by atoms with Crippen LogP contribution in [0.2, 0.25) is 0 Å². The van der Waals surface area contributed by atoms with Crippen molar-refractivity contribution in [2.45, 2.75) is 6.54 Å². The summed E-state index contributed by atoms with van der Waals surface area (Å²) in [5, 5.41) is 0. The maximum Gasteiger partial charge on any atom is 0.131 e. The van der Waals surface area contributed by atoms with Crippen molar-refractivity contribution in [3.05, 3.63) is 35.4 Å². The molecule has 0 aliphatic carbocycles. The van der Waals surface area contributed by atoms with Gasteiger partial charge in [0.15, 0.2) is 0 Å². The first-order valence-corrected chi connectivity index (χ1v) is 2.79. The van der Waals surface area contributed by atoms with Crippen molar-refractivity contribution in [3.63, 3.8) is 0 Å². The zero-order chi connectivity index (χ0) is 7.56. The zero-order valence-electron chi connectivity index (χ0n) is 5.20. The molecule has 1 radical (unpaired) electrons. The van der Waals surface area contributed by atoms with Crippen LogP contribution in [0.4, 0.5) is 8.78 Å². The zero-order valence-corrected chi connectivity index (χ0v) is 5.20. The van der Waals surface area contributed by atoms with Crippen molar-refractivity contribution >= 4 is 0 Å². The van der Waals surface area contributed by atoms with Gasteiger partial charge in [-0.15, -0.1) is 0 Å². The Bertz CT molecular complexity index is 215. The van der Waals surface area contributed by atoms with E-state index in [1.165, 1.54) is 0 Å². The van der Waals surface area contributed by atoms with Crippen molar-refractivity contribution in [1.82, 2.24) is 0 Å². The lowest BCUT2D eigenvalue weighted by molar-refractivity contribution is 0.556. The lowest BCUT2D eigenvalue weighted by atomic mass is 10.2. The van der Waals surface area contributed by atoms with E-state index in [9.17, 15) is 8.78 Å². The SMILES string of the molecule is NCc1c(F)c[c]cc1F. The third-order valence-electron chi connectivity index (χ3n) is 1.20. The topological polar surface area (TPSA) is 26.0 Å². The summed E-state index contributed by atoms with van der Waals surface area (Å²) in [6.07, 6.45) is 0. The van der Waals surface area contributed by atoms with Crippen LogP contribution in [0.15, 0.2) is 12.1 Å². The number of benzene rings is 1. The summed E-state index contributed by atoms with van der Waals surface area (Å²) < 4.78 is 25.0. The highest BCUT2D eigenvalue weighted by Crippen LogP contribution is 2.09. The van der Waals surface area contributed by atoms with E-state index in [1.807, 2.05) is 0 Å². The molecule has 0 amide bonds. The summed E-state index contributed by atoms with van der Waals surface area (Å²) in [4.78, 5) is 0. The van der Waals surface area contributed by atoms with Gasteiger partial charge in [0.25, 0.3) is 0 Å². The highest BCUT2D eigenvalue weighted by atomic mass is 19.1. The average molecular weight is 142 g/mol. The summed E-state index contributed by atoms with van der Waals surface area (Å²) in [7, 11) is 0. The Morgan fingerprint density at radius 3 is 2.10 bits per heavy atom. The third kappa shape index (κ3) is 1.14. The lowest BCUT2D eigenvalue weighted by Crippen LogP contribution is -2.02. The molecule has 0 atom stereocenters. The number of nitrogens with two attached hydrogens (primary N) is 1. The lowest BCUT2D eigenvalue weighted by Gasteiger charge is -1.98. The van der Waals surface area contributed by atoms with Gasteiger partial charge in [0.05, 0.1) is 0 Å². The van der Waals surface area contributed by atoms with Crippen molar-refractivity contribution < 1.29 is 8.78 Å². The second kappa shape index (κ2) is 2.75. The van der Waals surface area contributed by atoms with Crippen LogP contribution in [0.5, 0.6) is 0 Å². The van der Waals surface area contributed by atoms with Crippen LogP contribution < -0.4 is 5.73 Å². The van der Waals surface area contributed by atoms with Gasteiger partial charge < -0.3 is 5.73 Å². The first-order chi connectivity index (χ1) is 4.75.